The lowest BCUT2D eigenvalue weighted by Gasteiger charge is -2.19. The van der Waals surface area contributed by atoms with Gasteiger partial charge in [-0.1, -0.05) is 32.9 Å². The van der Waals surface area contributed by atoms with Crippen molar-refractivity contribution in [3.05, 3.63) is 54.1 Å². The first-order valence-electron chi connectivity index (χ1n) is 10.6. The van der Waals surface area contributed by atoms with Crippen LogP contribution in [-0.2, 0) is 15.0 Å². The molecule has 150 valence electrons. The minimum absolute atomic E-state index is 0.00126. The molecule has 1 saturated heterocycles. The van der Waals surface area contributed by atoms with Gasteiger partial charge < -0.3 is 4.74 Å². The maximum Gasteiger partial charge on any atom is 0.237 e. The Bertz CT molecular complexity index is 927. The van der Waals surface area contributed by atoms with E-state index in [0.717, 1.165) is 25.0 Å². The average molecular weight is 389 g/mol. The molecule has 4 nitrogen and oxygen atoms in total. The first-order valence-corrected chi connectivity index (χ1v) is 10.6. The van der Waals surface area contributed by atoms with Crippen molar-refractivity contribution < 1.29 is 14.3 Å². The zero-order valence-corrected chi connectivity index (χ0v) is 17.2. The summed E-state index contributed by atoms with van der Waals surface area (Å²) in [4.78, 5) is 27.3. The predicted molar refractivity (Wildman–Crippen MR) is 112 cm³/mol. The van der Waals surface area contributed by atoms with Crippen LogP contribution >= 0.6 is 0 Å². The van der Waals surface area contributed by atoms with E-state index in [1.54, 1.807) is 0 Å². The van der Waals surface area contributed by atoms with E-state index in [-0.39, 0.29) is 29.1 Å². The Morgan fingerprint density at radius 2 is 1.28 bits per heavy atom. The summed E-state index contributed by atoms with van der Waals surface area (Å²) in [5.74, 6) is 2.10. The highest BCUT2D eigenvalue weighted by atomic mass is 16.5. The Balaban J connectivity index is 1.32. The Morgan fingerprint density at radius 3 is 1.76 bits per heavy atom. The van der Waals surface area contributed by atoms with E-state index in [1.165, 1.54) is 10.5 Å². The number of ether oxygens (including phenoxy) is 1. The zero-order chi connectivity index (χ0) is 20.3. The van der Waals surface area contributed by atoms with Crippen molar-refractivity contribution in [1.29, 1.82) is 0 Å². The molecule has 3 aliphatic rings. The normalized spacial score (nSPS) is 28.2. The number of rotatable bonds is 3. The number of fused-ring (bicyclic) bond motifs is 5. The van der Waals surface area contributed by atoms with Crippen molar-refractivity contribution in [3.8, 4) is 11.5 Å². The molecule has 3 fully saturated rings. The van der Waals surface area contributed by atoms with E-state index in [4.69, 9.17) is 4.74 Å². The second-order valence-electron chi connectivity index (χ2n) is 9.77. The number of nitrogens with zero attached hydrogens (tertiary/aromatic N) is 1. The maximum absolute atomic E-state index is 13.0. The van der Waals surface area contributed by atoms with Gasteiger partial charge in [-0.05, 0) is 78.5 Å². The maximum atomic E-state index is 13.0. The van der Waals surface area contributed by atoms with Gasteiger partial charge in [0.05, 0.1) is 17.5 Å². The molecular formula is C25H27NO3. The van der Waals surface area contributed by atoms with Crippen LogP contribution in [0.2, 0.25) is 0 Å². The van der Waals surface area contributed by atoms with Gasteiger partial charge in [0.25, 0.3) is 0 Å². The molecule has 4 heteroatoms. The fourth-order valence-electron chi connectivity index (χ4n) is 5.49. The zero-order valence-electron chi connectivity index (χ0n) is 17.2. The quantitative estimate of drug-likeness (QED) is 0.668. The molecule has 2 aromatic rings. The second kappa shape index (κ2) is 6.45. The SMILES string of the molecule is CC(C)(C)c1ccc(Oc2ccc(N3C(=O)[C@@H]4[C@@H]5CC[C@H](C5)[C@@H]4C3=O)cc2)cc1. The molecule has 1 heterocycles. The van der Waals surface area contributed by atoms with Gasteiger partial charge in [0.15, 0.2) is 0 Å². The van der Waals surface area contributed by atoms with E-state index in [1.807, 2.05) is 36.4 Å². The van der Waals surface area contributed by atoms with Gasteiger partial charge in [0.1, 0.15) is 11.5 Å². The number of benzene rings is 2. The first kappa shape index (κ1) is 18.4. The van der Waals surface area contributed by atoms with Crippen molar-refractivity contribution in [2.24, 2.45) is 23.7 Å². The van der Waals surface area contributed by atoms with Gasteiger partial charge in [-0.3, -0.25) is 14.5 Å². The lowest BCUT2D eigenvalue weighted by molar-refractivity contribution is -0.123. The summed E-state index contributed by atoms with van der Waals surface area (Å²) in [6, 6.07) is 15.4. The van der Waals surface area contributed by atoms with Crippen LogP contribution in [0.25, 0.3) is 0 Å². The summed E-state index contributed by atoms with van der Waals surface area (Å²) in [5.41, 5.74) is 2.02. The summed E-state index contributed by atoms with van der Waals surface area (Å²) in [7, 11) is 0. The number of carbonyl (C=O) groups is 2. The summed E-state index contributed by atoms with van der Waals surface area (Å²) in [6.45, 7) is 6.55. The van der Waals surface area contributed by atoms with E-state index in [2.05, 4.69) is 32.9 Å². The van der Waals surface area contributed by atoms with Crippen LogP contribution in [0.5, 0.6) is 11.5 Å². The van der Waals surface area contributed by atoms with Gasteiger partial charge in [-0.25, -0.2) is 0 Å². The average Bonchev–Trinajstić information content (AvgIpc) is 3.36. The van der Waals surface area contributed by atoms with E-state index < -0.39 is 0 Å². The van der Waals surface area contributed by atoms with Gasteiger partial charge in [-0.15, -0.1) is 0 Å². The van der Waals surface area contributed by atoms with Gasteiger partial charge in [0.2, 0.25) is 11.8 Å². The molecular weight excluding hydrogens is 362 g/mol. The van der Waals surface area contributed by atoms with Crippen LogP contribution in [0.1, 0.15) is 45.6 Å². The minimum atomic E-state index is -0.0847. The Labute approximate surface area is 171 Å². The number of carbonyl (C=O) groups excluding carboxylic acids is 2. The fraction of sp³-hybridized carbons (Fsp3) is 0.440. The third-order valence-electron chi connectivity index (χ3n) is 6.98. The summed E-state index contributed by atoms with van der Waals surface area (Å²) in [5, 5.41) is 0. The molecule has 2 aliphatic carbocycles. The fourth-order valence-corrected chi connectivity index (χ4v) is 5.49. The molecule has 1 aliphatic heterocycles. The number of anilines is 1. The Morgan fingerprint density at radius 1 is 0.793 bits per heavy atom. The molecule has 0 unspecified atom stereocenters. The highest BCUT2D eigenvalue weighted by Crippen LogP contribution is 2.56. The lowest BCUT2D eigenvalue weighted by Crippen LogP contribution is -2.32. The van der Waals surface area contributed by atoms with Crippen LogP contribution in [-0.4, -0.2) is 11.8 Å². The number of hydrogen-bond donors (Lipinski definition) is 0. The molecule has 2 aromatic carbocycles. The highest BCUT2D eigenvalue weighted by molar-refractivity contribution is 6.22. The highest BCUT2D eigenvalue weighted by Gasteiger charge is 2.61. The molecule has 0 radical (unpaired) electrons. The van der Waals surface area contributed by atoms with Gasteiger partial charge in [0, 0.05) is 0 Å². The molecule has 4 atom stereocenters. The molecule has 2 bridgehead atoms. The van der Waals surface area contributed by atoms with Crippen molar-refractivity contribution in [2.45, 2.75) is 45.4 Å². The first-order chi connectivity index (χ1) is 13.8. The number of imide groups is 1. The largest absolute Gasteiger partial charge is 0.457 e. The topological polar surface area (TPSA) is 46.6 Å². The van der Waals surface area contributed by atoms with Crippen LogP contribution in [0.4, 0.5) is 5.69 Å². The van der Waals surface area contributed by atoms with E-state index in [9.17, 15) is 9.59 Å². The van der Waals surface area contributed by atoms with Crippen LogP contribution in [0.3, 0.4) is 0 Å². The van der Waals surface area contributed by atoms with E-state index in [0.29, 0.717) is 23.3 Å². The third kappa shape index (κ3) is 2.97. The molecule has 0 N–H and O–H groups in total. The standard InChI is InChI=1S/C25H27NO3/c1-25(2,3)17-6-10-19(11-7-17)29-20-12-8-18(9-13-20)26-23(27)21-15-4-5-16(14-15)22(21)24(26)28/h6-13,15-16,21-22H,4-5,14H2,1-3H3/t15-,16-,21-,22+/m1/s1. The lowest BCUT2D eigenvalue weighted by atomic mass is 9.81. The summed E-state index contributed by atoms with van der Waals surface area (Å²) < 4.78 is 5.95. The molecule has 2 saturated carbocycles. The van der Waals surface area contributed by atoms with Crippen molar-refractivity contribution in [1.82, 2.24) is 0 Å². The third-order valence-corrected chi connectivity index (χ3v) is 6.98. The van der Waals surface area contributed by atoms with Crippen LogP contribution in [0.15, 0.2) is 48.5 Å². The summed E-state index contributed by atoms with van der Waals surface area (Å²) >= 11 is 0. The molecule has 2 amide bonds. The molecule has 29 heavy (non-hydrogen) atoms. The van der Waals surface area contributed by atoms with Gasteiger partial charge >= 0.3 is 0 Å². The predicted octanol–water partition coefficient (Wildman–Crippen LogP) is 5.31. The Hall–Kier alpha value is -2.62. The smallest absolute Gasteiger partial charge is 0.237 e. The van der Waals surface area contributed by atoms with Gasteiger partial charge in [-0.2, -0.15) is 0 Å². The minimum Gasteiger partial charge on any atom is -0.457 e. The number of hydrogen-bond acceptors (Lipinski definition) is 3. The summed E-state index contributed by atoms with van der Waals surface area (Å²) in [6.07, 6.45) is 3.25. The van der Waals surface area contributed by atoms with Crippen LogP contribution < -0.4 is 9.64 Å². The number of amides is 2. The van der Waals surface area contributed by atoms with Crippen molar-refractivity contribution in [2.75, 3.05) is 4.90 Å². The molecule has 5 rings (SSSR count). The van der Waals surface area contributed by atoms with Crippen LogP contribution in [0, 0.1) is 23.7 Å². The van der Waals surface area contributed by atoms with Crippen molar-refractivity contribution >= 4 is 17.5 Å². The monoisotopic (exact) mass is 389 g/mol. The van der Waals surface area contributed by atoms with Crippen molar-refractivity contribution in [3.63, 3.8) is 0 Å². The molecule has 0 spiro atoms. The molecule has 0 aromatic heterocycles. The second-order valence-corrected chi connectivity index (χ2v) is 9.77. The van der Waals surface area contributed by atoms with E-state index >= 15 is 0 Å². The Kier molecular flexibility index (Phi) is 4.09.